The molecule has 0 bridgehead atoms. The van der Waals surface area contributed by atoms with Crippen LogP contribution in [-0.2, 0) is 21.0 Å². The van der Waals surface area contributed by atoms with Crippen LogP contribution in [0.4, 0.5) is 18.9 Å². The number of carbonyl (C=O) groups excluding carboxylic acids is 1. The summed E-state index contributed by atoms with van der Waals surface area (Å²) in [5.74, 6) is 0.562. The summed E-state index contributed by atoms with van der Waals surface area (Å²) in [6, 6.07) is 5.94. The number of ether oxygens (including phenoxy) is 1. The lowest BCUT2D eigenvalue weighted by Gasteiger charge is -2.27. The van der Waals surface area contributed by atoms with Gasteiger partial charge in [-0.15, -0.1) is 0 Å². The van der Waals surface area contributed by atoms with Gasteiger partial charge in [0, 0.05) is 24.1 Å². The van der Waals surface area contributed by atoms with Crippen molar-refractivity contribution in [3.63, 3.8) is 0 Å². The first-order valence-corrected chi connectivity index (χ1v) is 12.2. The molecule has 1 fully saturated rings. The molecule has 2 aromatic heterocycles. The number of alkyl halides is 3. The molecule has 0 amide bonds. The molecule has 1 aromatic carbocycles. The highest BCUT2D eigenvalue weighted by Gasteiger charge is 2.34. The van der Waals surface area contributed by atoms with E-state index in [0.717, 1.165) is 44.1 Å². The minimum absolute atomic E-state index is 0.0588. The maximum absolute atomic E-state index is 13.0. The molecule has 0 unspecified atom stereocenters. The number of carbonyl (C=O) groups is 1. The van der Waals surface area contributed by atoms with Gasteiger partial charge >= 0.3 is 6.18 Å². The maximum Gasteiger partial charge on any atom is 0.433 e. The number of halogens is 3. The van der Waals surface area contributed by atoms with Crippen LogP contribution in [0.2, 0.25) is 0 Å². The third kappa shape index (κ3) is 5.01. The van der Waals surface area contributed by atoms with Gasteiger partial charge in [-0.3, -0.25) is 9.40 Å². The van der Waals surface area contributed by atoms with Crippen molar-refractivity contribution in [1.82, 2.24) is 14.8 Å². The summed E-state index contributed by atoms with van der Waals surface area (Å²) in [6.07, 6.45) is 2.17. The largest absolute Gasteiger partial charge is 0.494 e. The molecule has 1 aliphatic rings. The smallest absolute Gasteiger partial charge is 0.433 e. The Balaban J connectivity index is 1.61. The van der Waals surface area contributed by atoms with Gasteiger partial charge in [0.15, 0.2) is 5.03 Å². The highest BCUT2D eigenvalue weighted by atomic mass is 32.2. The van der Waals surface area contributed by atoms with Crippen molar-refractivity contribution in [3.05, 3.63) is 42.2 Å². The van der Waals surface area contributed by atoms with E-state index >= 15 is 0 Å². The Morgan fingerprint density at radius 1 is 1.21 bits per heavy atom. The minimum atomic E-state index is -4.77. The summed E-state index contributed by atoms with van der Waals surface area (Å²) in [6.45, 7) is 0. The first-order chi connectivity index (χ1) is 16.1. The third-order valence-electron chi connectivity index (χ3n) is 6.00. The van der Waals surface area contributed by atoms with Crippen molar-refractivity contribution in [2.45, 2.75) is 49.3 Å². The number of aldehydes is 1. The number of aromatic nitrogens is 3. The molecule has 3 aromatic rings. The van der Waals surface area contributed by atoms with E-state index in [1.54, 1.807) is 12.3 Å². The molecule has 4 rings (SSSR count). The van der Waals surface area contributed by atoms with Gasteiger partial charge in [-0.25, -0.2) is 4.98 Å². The number of nitrogens with zero attached hydrogens (tertiary/aromatic N) is 3. The highest BCUT2D eigenvalue weighted by Crippen LogP contribution is 2.36. The van der Waals surface area contributed by atoms with Gasteiger partial charge < -0.3 is 9.53 Å². The number of rotatable bonds is 7. The summed E-state index contributed by atoms with van der Waals surface area (Å²) >= 11 is 0. The molecule has 0 radical (unpaired) electrons. The van der Waals surface area contributed by atoms with E-state index in [2.05, 4.69) is 14.8 Å². The van der Waals surface area contributed by atoms with Crippen molar-refractivity contribution >= 4 is 32.9 Å². The molecule has 0 atom stereocenters. The second kappa shape index (κ2) is 9.24. The zero-order valence-corrected chi connectivity index (χ0v) is 19.1. The van der Waals surface area contributed by atoms with Crippen molar-refractivity contribution in [2.75, 3.05) is 11.8 Å². The molecule has 0 saturated heterocycles. The quantitative estimate of drug-likeness (QED) is 0.481. The summed E-state index contributed by atoms with van der Waals surface area (Å²) < 4.78 is 73.9. The van der Waals surface area contributed by atoms with Crippen LogP contribution in [0.15, 0.2) is 41.6 Å². The van der Waals surface area contributed by atoms with Crippen LogP contribution in [0.1, 0.15) is 43.8 Å². The molecule has 1 saturated carbocycles. The Morgan fingerprint density at radius 2 is 1.94 bits per heavy atom. The van der Waals surface area contributed by atoms with Crippen molar-refractivity contribution in [2.24, 2.45) is 5.92 Å². The second-order valence-corrected chi connectivity index (χ2v) is 9.89. The Labute approximate surface area is 194 Å². The van der Waals surface area contributed by atoms with Gasteiger partial charge in [0.25, 0.3) is 10.0 Å². The van der Waals surface area contributed by atoms with E-state index in [1.807, 2.05) is 4.68 Å². The van der Waals surface area contributed by atoms with Crippen molar-refractivity contribution < 1.29 is 31.1 Å². The molecule has 1 N–H and O–H groups in total. The number of pyridine rings is 1. The van der Waals surface area contributed by atoms with Crippen LogP contribution >= 0.6 is 0 Å². The Morgan fingerprint density at radius 3 is 2.59 bits per heavy atom. The molecular weight excluding hydrogens is 473 g/mol. The molecule has 1 aliphatic carbocycles. The van der Waals surface area contributed by atoms with Crippen LogP contribution in [-0.4, -0.2) is 36.6 Å². The van der Waals surface area contributed by atoms with Gasteiger partial charge in [-0.05, 0) is 49.8 Å². The lowest BCUT2D eigenvalue weighted by atomic mass is 9.84. The lowest BCUT2D eigenvalue weighted by molar-refractivity contribution is -0.141. The van der Waals surface area contributed by atoms with Gasteiger partial charge in [0.2, 0.25) is 0 Å². The van der Waals surface area contributed by atoms with Crippen LogP contribution in [0, 0.1) is 5.92 Å². The predicted molar refractivity (Wildman–Crippen MR) is 118 cm³/mol. The molecule has 8 nitrogen and oxygen atoms in total. The first-order valence-electron chi connectivity index (χ1n) is 10.7. The van der Waals surface area contributed by atoms with Crippen LogP contribution in [0.5, 0.6) is 5.75 Å². The van der Waals surface area contributed by atoms with E-state index in [1.165, 1.54) is 13.2 Å². The first kappa shape index (κ1) is 24.0. The normalized spacial score (nSPS) is 19.2. The molecule has 2 heterocycles. The molecule has 0 aliphatic heterocycles. The lowest BCUT2D eigenvalue weighted by Crippen LogP contribution is -2.18. The highest BCUT2D eigenvalue weighted by molar-refractivity contribution is 7.92. The van der Waals surface area contributed by atoms with E-state index in [9.17, 15) is 26.4 Å². The van der Waals surface area contributed by atoms with Crippen molar-refractivity contribution in [3.8, 4) is 5.75 Å². The van der Waals surface area contributed by atoms with Gasteiger partial charge in [0.1, 0.15) is 17.7 Å². The molecule has 182 valence electrons. The summed E-state index contributed by atoms with van der Waals surface area (Å²) in [5, 5.41) is 4.49. The van der Waals surface area contributed by atoms with Gasteiger partial charge in [-0.1, -0.05) is 6.07 Å². The molecule has 0 spiro atoms. The monoisotopic (exact) mass is 496 g/mol. The zero-order valence-electron chi connectivity index (χ0n) is 18.2. The number of hydrogen-bond donors (Lipinski definition) is 1. The number of sulfonamides is 1. The summed E-state index contributed by atoms with van der Waals surface area (Å²) in [7, 11) is -3.07. The average Bonchev–Trinajstić information content (AvgIpc) is 3.21. The minimum Gasteiger partial charge on any atom is -0.494 e. The number of benzene rings is 1. The van der Waals surface area contributed by atoms with Gasteiger partial charge in [0.05, 0.1) is 24.4 Å². The fourth-order valence-electron chi connectivity index (χ4n) is 4.21. The van der Waals surface area contributed by atoms with Crippen LogP contribution < -0.4 is 9.46 Å². The molecule has 12 heteroatoms. The SMILES string of the molecule is COc1cc2nn(C3CCC(CC=O)CC3)cc2cc1NS(=O)(=O)c1cccc(C(F)(F)F)n1. The van der Waals surface area contributed by atoms with E-state index in [4.69, 9.17) is 4.74 Å². The molecular formula is C22H23F3N4O4S. The fourth-order valence-corrected chi connectivity index (χ4v) is 5.24. The number of hydrogen-bond acceptors (Lipinski definition) is 6. The number of anilines is 1. The topological polar surface area (TPSA) is 103 Å². The fraction of sp³-hybridized carbons (Fsp3) is 0.409. The number of methoxy groups -OCH3 is 1. The predicted octanol–water partition coefficient (Wildman–Crippen LogP) is 4.58. The number of nitrogens with one attached hydrogen (secondary N) is 1. The number of fused-ring (bicyclic) bond motifs is 1. The van der Waals surface area contributed by atoms with Crippen LogP contribution in [0.25, 0.3) is 10.9 Å². The second-order valence-electron chi connectivity index (χ2n) is 8.26. The maximum atomic E-state index is 13.0. The summed E-state index contributed by atoms with van der Waals surface area (Å²) in [4.78, 5) is 14.0. The van der Waals surface area contributed by atoms with Gasteiger partial charge in [-0.2, -0.15) is 26.7 Å². The van der Waals surface area contributed by atoms with E-state index < -0.39 is 26.9 Å². The Kier molecular flexibility index (Phi) is 6.52. The van der Waals surface area contributed by atoms with E-state index in [-0.39, 0.29) is 17.5 Å². The zero-order chi connectivity index (χ0) is 24.5. The third-order valence-corrected chi connectivity index (χ3v) is 7.26. The van der Waals surface area contributed by atoms with Crippen molar-refractivity contribution in [1.29, 1.82) is 0 Å². The standard InChI is InChI=1S/C22H23F3N4O4S/c1-33-19-12-17-15(13-29(27-17)16-7-5-14(6-8-16)9-10-30)11-18(19)28-34(31,32)21-4-2-3-20(26-21)22(23,24)25/h2-4,10-14,16,28H,5-9H2,1H3. The van der Waals surface area contributed by atoms with E-state index in [0.29, 0.717) is 29.3 Å². The Bertz CT molecular complexity index is 1300. The Hall–Kier alpha value is -3.15. The summed E-state index contributed by atoms with van der Waals surface area (Å²) in [5.41, 5.74) is -0.655. The molecule has 34 heavy (non-hydrogen) atoms. The average molecular weight is 497 g/mol. The van der Waals surface area contributed by atoms with Crippen LogP contribution in [0.3, 0.4) is 0 Å².